The highest BCUT2D eigenvalue weighted by molar-refractivity contribution is 5.27. The largest absolute Gasteiger partial charge is 0.497 e. The maximum atomic E-state index is 11.7. The van der Waals surface area contributed by atoms with E-state index in [0.717, 1.165) is 25.0 Å². The van der Waals surface area contributed by atoms with Crippen LogP contribution in [0.25, 0.3) is 0 Å². The van der Waals surface area contributed by atoms with Crippen LogP contribution in [0.4, 0.5) is 0 Å². The summed E-state index contributed by atoms with van der Waals surface area (Å²) in [6, 6.07) is 7.94. The van der Waals surface area contributed by atoms with E-state index in [1.54, 1.807) is 7.11 Å². The van der Waals surface area contributed by atoms with Gasteiger partial charge in [-0.15, -0.1) is 0 Å². The highest BCUT2D eigenvalue weighted by Gasteiger charge is 2.11. The molecule has 0 atom stereocenters. The van der Waals surface area contributed by atoms with Crippen molar-refractivity contribution in [3.8, 4) is 11.6 Å². The number of hydrogen-bond acceptors (Lipinski definition) is 3. The van der Waals surface area contributed by atoms with Crippen molar-refractivity contribution in [1.82, 2.24) is 9.55 Å². The summed E-state index contributed by atoms with van der Waals surface area (Å²) in [6.07, 6.45) is 3.23. The Bertz CT molecular complexity index is 626. The van der Waals surface area contributed by atoms with Crippen molar-refractivity contribution in [2.24, 2.45) is 0 Å². The summed E-state index contributed by atoms with van der Waals surface area (Å²) < 4.78 is 6.51. The van der Waals surface area contributed by atoms with Gasteiger partial charge in [0.2, 0.25) is 5.88 Å². The number of aromatic nitrogens is 2. The molecule has 5 nitrogen and oxygen atoms in total. The summed E-state index contributed by atoms with van der Waals surface area (Å²) in [5.41, 5.74) is 1.61. The van der Waals surface area contributed by atoms with E-state index in [2.05, 4.69) is 4.98 Å². The Hall–Kier alpha value is -2.17. The van der Waals surface area contributed by atoms with Gasteiger partial charge >= 0.3 is 5.69 Å². The number of nitrogens with one attached hydrogen (secondary N) is 1. The van der Waals surface area contributed by atoms with Crippen LogP contribution in [0.5, 0.6) is 11.6 Å². The van der Waals surface area contributed by atoms with Crippen molar-refractivity contribution in [2.45, 2.75) is 39.2 Å². The van der Waals surface area contributed by atoms with Crippen LogP contribution in [0, 0.1) is 0 Å². The van der Waals surface area contributed by atoms with Crippen LogP contribution in [0.1, 0.15) is 31.0 Å². The van der Waals surface area contributed by atoms with E-state index in [0.29, 0.717) is 18.7 Å². The average molecular weight is 290 g/mol. The molecule has 1 aromatic heterocycles. The van der Waals surface area contributed by atoms with Gasteiger partial charge in [-0.1, -0.05) is 19.1 Å². The zero-order valence-electron chi connectivity index (χ0n) is 12.6. The molecular formula is C16H22N2O3. The van der Waals surface area contributed by atoms with Gasteiger partial charge in [-0.05, 0) is 43.4 Å². The molecule has 2 aromatic rings. The van der Waals surface area contributed by atoms with Crippen LogP contribution in [-0.4, -0.2) is 21.8 Å². The number of aryl methyl sites for hydroxylation is 2. The monoisotopic (exact) mass is 290 g/mol. The van der Waals surface area contributed by atoms with Gasteiger partial charge in [-0.3, -0.25) is 4.57 Å². The lowest BCUT2D eigenvalue weighted by molar-refractivity contribution is 0.406. The first-order valence-corrected chi connectivity index (χ1v) is 7.29. The Morgan fingerprint density at radius 3 is 2.57 bits per heavy atom. The number of aromatic amines is 1. The Morgan fingerprint density at radius 1 is 1.24 bits per heavy atom. The summed E-state index contributed by atoms with van der Waals surface area (Å²) in [6.45, 7) is 2.52. The topological polar surface area (TPSA) is 67.2 Å². The fourth-order valence-electron chi connectivity index (χ4n) is 2.38. The van der Waals surface area contributed by atoms with Crippen molar-refractivity contribution >= 4 is 0 Å². The van der Waals surface area contributed by atoms with Crippen molar-refractivity contribution < 1.29 is 9.84 Å². The molecule has 5 heteroatoms. The van der Waals surface area contributed by atoms with Crippen LogP contribution in [-0.2, 0) is 19.4 Å². The normalized spacial score (nSPS) is 10.8. The molecule has 0 aliphatic heterocycles. The first-order valence-electron chi connectivity index (χ1n) is 7.29. The molecule has 0 spiro atoms. The summed E-state index contributed by atoms with van der Waals surface area (Å²) in [4.78, 5) is 14.4. The zero-order valence-corrected chi connectivity index (χ0v) is 12.6. The van der Waals surface area contributed by atoms with Crippen LogP contribution >= 0.6 is 0 Å². The zero-order chi connectivity index (χ0) is 15.2. The lowest BCUT2D eigenvalue weighted by atomic mass is 10.1. The number of aromatic hydroxyl groups is 1. The second-order valence-electron chi connectivity index (χ2n) is 5.09. The van der Waals surface area contributed by atoms with Gasteiger partial charge in [0.25, 0.3) is 0 Å². The van der Waals surface area contributed by atoms with E-state index in [-0.39, 0.29) is 11.6 Å². The summed E-state index contributed by atoms with van der Waals surface area (Å²) in [5, 5.41) is 10.0. The van der Waals surface area contributed by atoms with Gasteiger partial charge in [0.15, 0.2) is 0 Å². The number of H-pyrrole nitrogens is 1. The second-order valence-corrected chi connectivity index (χ2v) is 5.09. The molecular weight excluding hydrogens is 268 g/mol. The molecule has 114 valence electrons. The fourth-order valence-corrected chi connectivity index (χ4v) is 2.38. The maximum Gasteiger partial charge on any atom is 0.328 e. The molecule has 0 bridgehead atoms. The first-order chi connectivity index (χ1) is 10.2. The molecule has 0 unspecified atom stereocenters. The molecule has 0 radical (unpaired) electrons. The maximum absolute atomic E-state index is 11.7. The van der Waals surface area contributed by atoms with Gasteiger partial charge in [0, 0.05) is 6.54 Å². The highest BCUT2D eigenvalue weighted by Crippen LogP contribution is 2.17. The minimum absolute atomic E-state index is 0.0802. The molecule has 2 N–H and O–H groups in total. The third-order valence-electron chi connectivity index (χ3n) is 3.53. The van der Waals surface area contributed by atoms with Crippen LogP contribution in [0.15, 0.2) is 29.1 Å². The number of methoxy groups -OCH3 is 1. The Balaban J connectivity index is 1.94. The SMILES string of the molecule is CCCn1c(O)c(CCCc2ccc(OC)cc2)[nH]c1=O. The second kappa shape index (κ2) is 7.02. The molecule has 0 amide bonds. The average Bonchev–Trinajstić information content (AvgIpc) is 2.76. The lowest BCUT2D eigenvalue weighted by Crippen LogP contribution is -2.16. The Labute approximate surface area is 124 Å². The van der Waals surface area contributed by atoms with Crippen LogP contribution < -0.4 is 10.4 Å². The van der Waals surface area contributed by atoms with E-state index in [4.69, 9.17) is 4.74 Å². The standard InChI is InChI=1S/C16H22N2O3/c1-3-11-18-15(19)14(17-16(18)20)6-4-5-12-7-9-13(21-2)10-8-12/h7-10,19H,3-6,11H2,1-2H3,(H,17,20). The number of ether oxygens (including phenoxy) is 1. The Kier molecular flexibility index (Phi) is 5.09. The molecule has 0 saturated heterocycles. The predicted octanol–water partition coefficient (Wildman–Crippen LogP) is 2.48. The number of rotatable bonds is 7. The van der Waals surface area contributed by atoms with E-state index >= 15 is 0 Å². The van der Waals surface area contributed by atoms with Gasteiger partial charge < -0.3 is 14.8 Å². The molecule has 21 heavy (non-hydrogen) atoms. The quantitative estimate of drug-likeness (QED) is 0.823. The smallest absolute Gasteiger partial charge is 0.328 e. The van der Waals surface area contributed by atoms with Gasteiger partial charge in [-0.2, -0.15) is 0 Å². The van der Waals surface area contributed by atoms with E-state index in [1.165, 1.54) is 10.1 Å². The molecule has 0 fully saturated rings. The van der Waals surface area contributed by atoms with Crippen molar-refractivity contribution in [2.75, 3.05) is 7.11 Å². The third kappa shape index (κ3) is 3.68. The van der Waals surface area contributed by atoms with Crippen molar-refractivity contribution in [1.29, 1.82) is 0 Å². The minimum atomic E-state index is -0.228. The van der Waals surface area contributed by atoms with Crippen LogP contribution in [0.2, 0.25) is 0 Å². The van der Waals surface area contributed by atoms with E-state index < -0.39 is 0 Å². The molecule has 0 aliphatic carbocycles. The summed E-state index contributed by atoms with van der Waals surface area (Å²) in [7, 11) is 1.65. The molecule has 2 rings (SSSR count). The lowest BCUT2D eigenvalue weighted by Gasteiger charge is -2.04. The molecule has 0 aliphatic rings. The predicted molar refractivity (Wildman–Crippen MR) is 82.0 cm³/mol. The number of imidazole rings is 1. The minimum Gasteiger partial charge on any atom is -0.497 e. The van der Waals surface area contributed by atoms with Crippen molar-refractivity contribution in [3.05, 3.63) is 46.0 Å². The number of nitrogens with zero attached hydrogens (tertiary/aromatic N) is 1. The first kappa shape index (κ1) is 15.2. The summed E-state index contributed by atoms with van der Waals surface area (Å²) in [5.74, 6) is 0.925. The third-order valence-corrected chi connectivity index (χ3v) is 3.53. The number of benzene rings is 1. The van der Waals surface area contributed by atoms with E-state index in [1.807, 2.05) is 31.2 Å². The van der Waals surface area contributed by atoms with Gasteiger partial charge in [0.1, 0.15) is 5.75 Å². The van der Waals surface area contributed by atoms with Gasteiger partial charge in [0.05, 0.1) is 12.8 Å². The summed E-state index contributed by atoms with van der Waals surface area (Å²) >= 11 is 0. The fraction of sp³-hybridized carbons (Fsp3) is 0.438. The van der Waals surface area contributed by atoms with Crippen LogP contribution in [0.3, 0.4) is 0 Å². The van der Waals surface area contributed by atoms with Crippen molar-refractivity contribution in [3.63, 3.8) is 0 Å². The molecule has 1 heterocycles. The van der Waals surface area contributed by atoms with E-state index in [9.17, 15) is 9.90 Å². The molecule has 0 saturated carbocycles. The van der Waals surface area contributed by atoms with Gasteiger partial charge in [-0.25, -0.2) is 4.79 Å². The highest BCUT2D eigenvalue weighted by atomic mass is 16.5. The molecule has 1 aromatic carbocycles. The Morgan fingerprint density at radius 2 is 1.95 bits per heavy atom. The number of hydrogen-bond donors (Lipinski definition) is 2.